The van der Waals surface area contributed by atoms with Gasteiger partial charge in [0, 0.05) is 19.0 Å². The van der Waals surface area contributed by atoms with Gasteiger partial charge < -0.3 is 14.7 Å². The molecule has 6 nitrogen and oxygen atoms in total. The van der Waals surface area contributed by atoms with Crippen LogP contribution in [0.4, 0.5) is 0 Å². The number of para-hydroxylation sites is 1. The quantitative estimate of drug-likeness (QED) is 0.881. The van der Waals surface area contributed by atoms with Crippen LogP contribution in [0.25, 0.3) is 0 Å². The van der Waals surface area contributed by atoms with Crippen molar-refractivity contribution in [2.24, 2.45) is 5.92 Å². The number of carbonyl (C=O) groups is 2. The molecule has 3 rings (SSSR count). The zero-order valence-electron chi connectivity index (χ0n) is 14.9. The molecule has 2 aromatic rings. The minimum Gasteiger partial charge on any atom is -0.481 e. The molecule has 0 saturated carbocycles. The number of aliphatic carboxylic acids is 1. The lowest BCUT2D eigenvalue weighted by molar-refractivity contribution is -0.142. The van der Waals surface area contributed by atoms with E-state index in [4.69, 9.17) is 10.00 Å². The summed E-state index contributed by atoms with van der Waals surface area (Å²) in [5, 5.41) is 18.7. The fraction of sp³-hybridized carbons (Fsp3) is 0.286. The van der Waals surface area contributed by atoms with E-state index >= 15 is 0 Å². The highest BCUT2D eigenvalue weighted by molar-refractivity contribution is 5.83. The van der Waals surface area contributed by atoms with Crippen LogP contribution in [0.3, 0.4) is 0 Å². The van der Waals surface area contributed by atoms with Crippen molar-refractivity contribution in [1.82, 2.24) is 4.90 Å². The second kappa shape index (κ2) is 7.92. The second-order valence-electron chi connectivity index (χ2n) is 6.57. The molecule has 0 aromatic heterocycles. The minimum atomic E-state index is -0.914. The first-order valence-electron chi connectivity index (χ1n) is 8.73. The molecule has 0 radical (unpaired) electrons. The molecule has 0 spiro atoms. The number of ether oxygens (including phenoxy) is 1. The number of rotatable bonds is 5. The maximum Gasteiger partial charge on any atom is 0.308 e. The zero-order chi connectivity index (χ0) is 19.4. The number of carboxylic acids is 1. The Kier molecular flexibility index (Phi) is 5.41. The number of hydrogen-bond donors (Lipinski definition) is 1. The predicted octanol–water partition coefficient (Wildman–Crippen LogP) is 2.65. The fourth-order valence-electron chi connectivity index (χ4n) is 3.43. The van der Waals surface area contributed by atoms with E-state index in [1.54, 1.807) is 31.2 Å². The van der Waals surface area contributed by atoms with Crippen molar-refractivity contribution in [3.05, 3.63) is 65.7 Å². The average Bonchev–Trinajstić information content (AvgIpc) is 3.14. The molecule has 1 unspecified atom stereocenters. The first-order valence-corrected chi connectivity index (χ1v) is 8.73. The van der Waals surface area contributed by atoms with E-state index in [1.807, 2.05) is 36.4 Å². The highest BCUT2D eigenvalue weighted by Crippen LogP contribution is 2.33. The van der Waals surface area contributed by atoms with Crippen molar-refractivity contribution in [1.29, 1.82) is 5.26 Å². The number of carboxylic acid groups (broad SMARTS) is 1. The van der Waals surface area contributed by atoms with Crippen LogP contribution < -0.4 is 4.74 Å². The van der Waals surface area contributed by atoms with Gasteiger partial charge in [0.05, 0.1) is 11.5 Å². The molecule has 3 atom stereocenters. The zero-order valence-corrected chi connectivity index (χ0v) is 14.9. The van der Waals surface area contributed by atoms with Crippen molar-refractivity contribution in [3.63, 3.8) is 0 Å². The van der Waals surface area contributed by atoms with Gasteiger partial charge in [-0.1, -0.05) is 42.5 Å². The highest BCUT2D eigenvalue weighted by Gasteiger charge is 2.41. The Bertz CT molecular complexity index is 875. The van der Waals surface area contributed by atoms with Crippen LogP contribution in [0.15, 0.2) is 54.6 Å². The summed E-state index contributed by atoms with van der Waals surface area (Å²) in [6, 6.07) is 18.1. The molecule has 6 heteroatoms. The first kappa shape index (κ1) is 18.5. The summed E-state index contributed by atoms with van der Waals surface area (Å²) < 4.78 is 5.69. The molecular weight excluding hydrogens is 344 g/mol. The van der Waals surface area contributed by atoms with Crippen molar-refractivity contribution < 1.29 is 19.4 Å². The van der Waals surface area contributed by atoms with Gasteiger partial charge in [-0.15, -0.1) is 0 Å². The number of nitriles is 1. The number of amides is 1. The van der Waals surface area contributed by atoms with Crippen LogP contribution in [0.2, 0.25) is 0 Å². The lowest BCUT2D eigenvalue weighted by Crippen LogP contribution is -2.39. The summed E-state index contributed by atoms with van der Waals surface area (Å²) in [7, 11) is 0. The third-order valence-corrected chi connectivity index (χ3v) is 4.84. The third-order valence-electron chi connectivity index (χ3n) is 4.84. The van der Waals surface area contributed by atoms with E-state index < -0.39 is 18.0 Å². The van der Waals surface area contributed by atoms with Crippen molar-refractivity contribution in [2.75, 3.05) is 13.1 Å². The molecule has 27 heavy (non-hydrogen) atoms. The smallest absolute Gasteiger partial charge is 0.308 e. The van der Waals surface area contributed by atoms with Gasteiger partial charge in [-0.25, -0.2) is 0 Å². The van der Waals surface area contributed by atoms with Crippen LogP contribution >= 0.6 is 0 Å². The molecule has 1 N–H and O–H groups in total. The van der Waals surface area contributed by atoms with Gasteiger partial charge in [0.2, 0.25) is 0 Å². The monoisotopic (exact) mass is 364 g/mol. The first-order chi connectivity index (χ1) is 13.0. The Labute approximate surface area is 157 Å². The SMILES string of the molecule is CC(Oc1ccccc1C#N)C(=O)N1C[C@H](C(=O)O)[C@H](c2ccccc2)C1. The summed E-state index contributed by atoms with van der Waals surface area (Å²) in [4.78, 5) is 26.0. The molecule has 138 valence electrons. The van der Waals surface area contributed by atoms with E-state index in [2.05, 4.69) is 0 Å². The predicted molar refractivity (Wildman–Crippen MR) is 98.1 cm³/mol. The van der Waals surface area contributed by atoms with Crippen LogP contribution in [-0.2, 0) is 9.59 Å². The Balaban J connectivity index is 1.75. The molecule has 0 bridgehead atoms. The summed E-state index contributed by atoms with van der Waals surface area (Å²) in [5.74, 6) is -1.77. The highest BCUT2D eigenvalue weighted by atomic mass is 16.5. The average molecular weight is 364 g/mol. The lowest BCUT2D eigenvalue weighted by atomic mass is 9.89. The van der Waals surface area contributed by atoms with E-state index in [-0.39, 0.29) is 18.4 Å². The summed E-state index contributed by atoms with van der Waals surface area (Å²) in [6.45, 7) is 2.08. The van der Waals surface area contributed by atoms with Gasteiger partial charge in [-0.3, -0.25) is 9.59 Å². The maximum absolute atomic E-state index is 12.8. The van der Waals surface area contributed by atoms with E-state index in [9.17, 15) is 14.7 Å². The third kappa shape index (κ3) is 3.93. The molecule has 1 heterocycles. The topological polar surface area (TPSA) is 90.6 Å². The van der Waals surface area contributed by atoms with Crippen LogP contribution in [-0.4, -0.2) is 41.1 Å². The summed E-state index contributed by atoms with van der Waals surface area (Å²) in [6.07, 6.45) is -0.816. The van der Waals surface area contributed by atoms with Gasteiger partial charge >= 0.3 is 5.97 Å². The molecule has 1 amide bonds. The molecule has 1 fully saturated rings. The molecule has 1 aliphatic heterocycles. The number of nitrogens with zero attached hydrogens (tertiary/aromatic N) is 2. The van der Waals surface area contributed by atoms with Gasteiger partial charge in [-0.2, -0.15) is 5.26 Å². The van der Waals surface area contributed by atoms with Crippen LogP contribution in [0.1, 0.15) is 24.0 Å². The van der Waals surface area contributed by atoms with Crippen molar-refractivity contribution >= 4 is 11.9 Å². The Hall–Kier alpha value is -3.33. The number of likely N-dealkylation sites (tertiary alicyclic amines) is 1. The van der Waals surface area contributed by atoms with Gasteiger partial charge in [0.1, 0.15) is 11.8 Å². The van der Waals surface area contributed by atoms with Gasteiger partial charge in [0.15, 0.2) is 6.10 Å². The molecule has 1 saturated heterocycles. The van der Waals surface area contributed by atoms with Crippen molar-refractivity contribution in [2.45, 2.75) is 18.9 Å². The minimum absolute atomic E-state index is 0.140. The molecule has 2 aromatic carbocycles. The van der Waals surface area contributed by atoms with Gasteiger partial charge in [-0.05, 0) is 24.6 Å². The number of hydrogen-bond acceptors (Lipinski definition) is 4. The summed E-state index contributed by atoms with van der Waals surface area (Å²) >= 11 is 0. The van der Waals surface area contributed by atoms with Crippen molar-refractivity contribution in [3.8, 4) is 11.8 Å². The van der Waals surface area contributed by atoms with E-state index in [0.717, 1.165) is 5.56 Å². The standard InChI is InChI=1S/C21H20N2O4/c1-14(27-19-10-6-5-9-16(19)11-22)20(24)23-12-17(18(13-23)21(25)26)15-7-3-2-4-8-15/h2-10,14,17-18H,12-13H2,1H3,(H,25,26)/t14?,17-,18-/m0/s1. The Morgan fingerprint density at radius 3 is 2.48 bits per heavy atom. The van der Waals surface area contributed by atoms with E-state index in [1.165, 1.54) is 4.90 Å². The normalized spacial score (nSPS) is 19.9. The molecule has 0 aliphatic carbocycles. The Morgan fingerprint density at radius 1 is 1.15 bits per heavy atom. The number of carbonyl (C=O) groups excluding carboxylic acids is 1. The van der Waals surface area contributed by atoms with Gasteiger partial charge in [0.25, 0.3) is 5.91 Å². The molecular formula is C21H20N2O4. The maximum atomic E-state index is 12.8. The van der Waals surface area contributed by atoms with Crippen LogP contribution in [0, 0.1) is 17.2 Å². The molecule has 1 aliphatic rings. The largest absolute Gasteiger partial charge is 0.481 e. The van der Waals surface area contributed by atoms with E-state index in [0.29, 0.717) is 17.9 Å². The van der Waals surface area contributed by atoms with Crippen LogP contribution in [0.5, 0.6) is 5.75 Å². The Morgan fingerprint density at radius 2 is 1.81 bits per heavy atom. The lowest BCUT2D eigenvalue weighted by Gasteiger charge is -2.22. The second-order valence-corrected chi connectivity index (χ2v) is 6.57. The number of benzene rings is 2. The fourth-order valence-corrected chi connectivity index (χ4v) is 3.43. The summed E-state index contributed by atoms with van der Waals surface area (Å²) in [5.41, 5.74) is 1.26.